The van der Waals surface area contributed by atoms with E-state index in [9.17, 15) is 4.79 Å². The Morgan fingerprint density at radius 3 is 2.40 bits per heavy atom. The lowest BCUT2D eigenvalue weighted by atomic mass is 9.65. The highest BCUT2D eigenvalue weighted by atomic mass is 16.5. The lowest BCUT2D eigenvalue weighted by Gasteiger charge is -2.39. The molecule has 1 aliphatic rings. The summed E-state index contributed by atoms with van der Waals surface area (Å²) in [6.07, 6.45) is 0.876. The van der Waals surface area contributed by atoms with Gasteiger partial charge in [-0.2, -0.15) is 0 Å². The summed E-state index contributed by atoms with van der Waals surface area (Å²) in [5.41, 5.74) is 2.60. The van der Waals surface area contributed by atoms with E-state index in [0.717, 1.165) is 6.42 Å². The summed E-state index contributed by atoms with van der Waals surface area (Å²) >= 11 is 0. The summed E-state index contributed by atoms with van der Waals surface area (Å²) in [4.78, 5) is 12.3. The molecular weight excluding hydrogens is 248 g/mol. The average molecular weight is 274 g/mol. The van der Waals surface area contributed by atoms with E-state index >= 15 is 0 Å². The third-order valence-electron chi connectivity index (χ3n) is 5.01. The minimum Gasteiger partial charge on any atom is -0.466 e. The Bertz CT molecular complexity index is 480. The fourth-order valence-corrected chi connectivity index (χ4v) is 4.00. The fraction of sp³-hybridized carbons (Fsp3) is 0.611. The lowest BCUT2D eigenvalue weighted by molar-refractivity contribution is -0.145. The monoisotopic (exact) mass is 274 g/mol. The van der Waals surface area contributed by atoms with Crippen molar-refractivity contribution in [3.05, 3.63) is 35.4 Å². The van der Waals surface area contributed by atoms with Crippen LogP contribution in [0.5, 0.6) is 0 Å². The van der Waals surface area contributed by atoms with Gasteiger partial charge in [0.2, 0.25) is 0 Å². The van der Waals surface area contributed by atoms with Crippen molar-refractivity contribution in [2.24, 2.45) is 11.8 Å². The number of hydrogen-bond acceptors (Lipinski definition) is 2. The van der Waals surface area contributed by atoms with E-state index in [2.05, 4.69) is 45.9 Å². The molecule has 0 spiro atoms. The highest BCUT2D eigenvalue weighted by Gasteiger charge is 2.50. The van der Waals surface area contributed by atoms with Crippen LogP contribution in [-0.4, -0.2) is 12.6 Å². The van der Waals surface area contributed by atoms with Crippen molar-refractivity contribution >= 4 is 5.97 Å². The molecule has 0 amide bonds. The van der Waals surface area contributed by atoms with Crippen molar-refractivity contribution in [3.63, 3.8) is 0 Å². The smallest absolute Gasteiger partial charge is 0.313 e. The number of benzene rings is 1. The van der Waals surface area contributed by atoms with E-state index in [1.165, 1.54) is 11.1 Å². The molecule has 0 aromatic heterocycles. The molecular formula is C18H26O2. The van der Waals surface area contributed by atoms with Crippen molar-refractivity contribution in [1.82, 2.24) is 0 Å². The Balaban J connectivity index is 2.52. The molecule has 0 saturated carbocycles. The molecule has 1 atom stereocenters. The van der Waals surface area contributed by atoms with Crippen LogP contribution in [0.4, 0.5) is 0 Å². The molecule has 0 aliphatic heterocycles. The molecule has 0 heterocycles. The summed E-state index contributed by atoms with van der Waals surface area (Å²) < 4.78 is 5.30. The Hall–Kier alpha value is -1.31. The second-order valence-corrected chi connectivity index (χ2v) is 6.45. The Kier molecular flexibility index (Phi) is 4.22. The molecule has 0 fully saturated rings. The van der Waals surface area contributed by atoms with Crippen LogP contribution in [-0.2, 0) is 14.9 Å². The minimum absolute atomic E-state index is 0.0666. The van der Waals surface area contributed by atoms with Gasteiger partial charge >= 0.3 is 5.97 Å². The molecule has 110 valence electrons. The Morgan fingerprint density at radius 2 is 1.85 bits per heavy atom. The van der Waals surface area contributed by atoms with Gasteiger partial charge in [-0.3, -0.25) is 4.79 Å². The highest BCUT2D eigenvalue weighted by Crippen LogP contribution is 2.54. The minimum atomic E-state index is -0.101. The SMILES string of the molecule is CCOC(=O)C1CC(C(C)C)(C(C)C)c2ccccc21. The van der Waals surface area contributed by atoms with E-state index in [4.69, 9.17) is 4.74 Å². The molecule has 0 radical (unpaired) electrons. The first-order valence-corrected chi connectivity index (χ1v) is 7.71. The third kappa shape index (κ3) is 2.15. The average Bonchev–Trinajstić information content (AvgIpc) is 2.75. The molecule has 1 aliphatic carbocycles. The van der Waals surface area contributed by atoms with Gasteiger partial charge in [0, 0.05) is 5.41 Å². The quantitative estimate of drug-likeness (QED) is 0.766. The topological polar surface area (TPSA) is 26.3 Å². The van der Waals surface area contributed by atoms with Crippen LogP contribution >= 0.6 is 0 Å². The zero-order valence-corrected chi connectivity index (χ0v) is 13.3. The molecule has 2 rings (SSSR count). The largest absolute Gasteiger partial charge is 0.466 e. The number of rotatable bonds is 4. The molecule has 2 heteroatoms. The molecule has 1 unspecified atom stereocenters. The van der Waals surface area contributed by atoms with Gasteiger partial charge in [-0.25, -0.2) is 0 Å². The lowest BCUT2D eigenvalue weighted by Crippen LogP contribution is -2.36. The molecule has 0 bridgehead atoms. The Labute approximate surface area is 122 Å². The predicted molar refractivity (Wildman–Crippen MR) is 81.8 cm³/mol. The van der Waals surface area contributed by atoms with Crippen LogP contribution in [0.3, 0.4) is 0 Å². The van der Waals surface area contributed by atoms with Gasteiger partial charge in [0.05, 0.1) is 12.5 Å². The van der Waals surface area contributed by atoms with Gasteiger partial charge in [-0.05, 0) is 36.3 Å². The first-order chi connectivity index (χ1) is 9.45. The zero-order chi connectivity index (χ0) is 14.9. The maximum Gasteiger partial charge on any atom is 0.313 e. The molecule has 1 aromatic rings. The van der Waals surface area contributed by atoms with E-state index in [0.29, 0.717) is 18.4 Å². The van der Waals surface area contributed by atoms with Crippen molar-refractivity contribution in [2.45, 2.75) is 52.4 Å². The number of ether oxygens (including phenoxy) is 1. The first-order valence-electron chi connectivity index (χ1n) is 7.71. The summed E-state index contributed by atoms with van der Waals surface area (Å²) in [7, 11) is 0. The molecule has 20 heavy (non-hydrogen) atoms. The standard InChI is InChI=1S/C18H26O2/c1-6-20-17(19)15-11-18(12(2)3,13(4)5)16-10-8-7-9-14(15)16/h7-10,12-13,15H,6,11H2,1-5H3. The van der Waals surface area contributed by atoms with Gasteiger partial charge in [0.15, 0.2) is 0 Å². The predicted octanol–water partition coefficient (Wildman–Crippen LogP) is 4.29. The number of carbonyl (C=O) groups excluding carboxylic acids is 1. The summed E-state index contributed by atoms with van der Waals surface area (Å²) in [6, 6.07) is 8.42. The van der Waals surface area contributed by atoms with Crippen LogP contribution in [0.15, 0.2) is 24.3 Å². The van der Waals surface area contributed by atoms with Crippen LogP contribution in [0.1, 0.15) is 58.1 Å². The van der Waals surface area contributed by atoms with Crippen LogP contribution in [0.2, 0.25) is 0 Å². The molecule has 0 saturated heterocycles. The zero-order valence-electron chi connectivity index (χ0n) is 13.3. The van der Waals surface area contributed by atoms with Gasteiger partial charge in [0.25, 0.3) is 0 Å². The second-order valence-electron chi connectivity index (χ2n) is 6.45. The van der Waals surface area contributed by atoms with E-state index in [-0.39, 0.29) is 17.3 Å². The normalized spacial score (nSPS) is 20.2. The van der Waals surface area contributed by atoms with Crippen molar-refractivity contribution in [3.8, 4) is 0 Å². The number of esters is 1. The van der Waals surface area contributed by atoms with Gasteiger partial charge < -0.3 is 4.74 Å². The molecule has 1 aromatic carbocycles. The highest BCUT2D eigenvalue weighted by molar-refractivity contribution is 5.80. The van der Waals surface area contributed by atoms with Crippen LogP contribution in [0.25, 0.3) is 0 Å². The maximum absolute atomic E-state index is 12.3. The number of carbonyl (C=O) groups is 1. The van der Waals surface area contributed by atoms with Crippen molar-refractivity contribution in [1.29, 1.82) is 0 Å². The first kappa shape index (κ1) is 15.1. The van der Waals surface area contributed by atoms with Gasteiger partial charge in [0.1, 0.15) is 0 Å². The Morgan fingerprint density at radius 1 is 1.25 bits per heavy atom. The second kappa shape index (κ2) is 5.59. The molecule has 2 nitrogen and oxygen atoms in total. The fourth-order valence-electron chi connectivity index (χ4n) is 4.00. The van der Waals surface area contributed by atoms with E-state index < -0.39 is 0 Å². The van der Waals surface area contributed by atoms with Gasteiger partial charge in [-0.15, -0.1) is 0 Å². The summed E-state index contributed by atoms with van der Waals surface area (Å²) in [6.45, 7) is 11.4. The van der Waals surface area contributed by atoms with Gasteiger partial charge in [-0.1, -0.05) is 52.0 Å². The van der Waals surface area contributed by atoms with Crippen molar-refractivity contribution in [2.75, 3.05) is 6.61 Å². The van der Waals surface area contributed by atoms with Crippen LogP contribution < -0.4 is 0 Å². The molecule has 0 N–H and O–H groups in total. The summed E-state index contributed by atoms with van der Waals surface area (Å²) in [5.74, 6) is 0.838. The summed E-state index contributed by atoms with van der Waals surface area (Å²) in [5, 5.41) is 0. The van der Waals surface area contributed by atoms with Crippen LogP contribution in [0, 0.1) is 11.8 Å². The number of hydrogen-bond donors (Lipinski definition) is 0. The third-order valence-corrected chi connectivity index (χ3v) is 5.01. The van der Waals surface area contributed by atoms with E-state index in [1.807, 2.05) is 13.0 Å². The maximum atomic E-state index is 12.3. The number of fused-ring (bicyclic) bond motifs is 1. The van der Waals surface area contributed by atoms with Crippen molar-refractivity contribution < 1.29 is 9.53 Å². The van der Waals surface area contributed by atoms with E-state index in [1.54, 1.807) is 0 Å².